The third kappa shape index (κ3) is 3.28. The average Bonchev–Trinajstić information content (AvgIpc) is 3.05. The first-order valence-electron chi connectivity index (χ1n) is 8.16. The number of rotatable bonds is 5. The van der Waals surface area contributed by atoms with Crippen LogP contribution in [0.1, 0.15) is 22.4 Å². The number of fused-ring (bicyclic) bond motifs is 1. The predicted molar refractivity (Wildman–Crippen MR) is 94.1 cm³/mol. The Hall–Kier alpha value is -2.67. The highest BCUT2D eigenvalue weighted by molar-refractivity contribution is 5.44. The van der Waals surface area contributed by atoms with E-state index in [4.69, 9.17) is 4.74 Å². The highest BCUT2D eigenvalue weighted by Gasteiger charge is 2.14. The molecule has 0 aliphatic rings. The van der Waals surface area contributed by atoms with Gasteiger partial charge in [0.1, 0.15) is 24.8 Å². The molecule has 7 nitrogen and oxygen atoms in total. The highest BCUT2D eigenvalue weighted by Crippen LogP contribution is 2.25. The fourth-order valence-electron chi connectivity index (χ4n) is 2.87. The summed E-state index contributed by atoms with van der Waals surface area (Å²) in [6, 6.07) is 5.54. The molecule has 0 aliphatic carbocycles. The van der Waals surface area contributed by atoms with Crippen molar-refractivity contribution in [3.63, 3.8) is 0 Å². The first-order valence-corrected chi connectivity index (χ1v) is 8.16. The Kier molecular flexibility index (Phi) is 4.59. The van der Waals surface area contributed by atoms with Gasteiger partial charge in [-0.25, -0.2) is 0 Å². The summed E-state index contributed by atoms with van der Waals surface area (Å²) in [4.78, 5) is 16.0. The highest BCUT2D eigenvalue weighted by atomic mass is 16.5. The SMILES string of the molecule is Cc1ccc(C)c(OC[C@H](O)Cn2c(C)cc(=O)n3ncnc23)c1C. The van der Waals surface area contributed by atoms with E-state index in [1.54, 1.807) is 11.5 Å². The molecule has 0 saturated heterocycles. The summed E-state index contributed by atoms with van der Waals surface area (Å²) in [6.45, 7) is 8.24. The molecule has 1 atom stereocenters. The molecule has 0 bridgehead atoms. The monoisotopic (exact) mass is 342 g/mol. The van der Waals surface area contributed by atoms with Crippen LogP contribution in [0.4, 0.5) is 0 Å². The first kappa shape index (κ1) is 17.2. The van der Waals surface area contributed by atoms with Gasteiger partial charge in [-0.3, -0.25) is 4.79 Å². The third-order valence-electron chi connectivity index (χ3n) is 4.43. The van der Waals surface area contributed by atoms with E-state index >= 15 is 0 Å². The van der Waals surface area contributed by atoms with Crippen LogP contribution in [0.15, 0.2) is 29.3 Å². The topological polar surface area (TPSA) is 81.7 Å². The van der Waals surface area contributed by atoms with E-state index in [1.165, 1.54) is 16.9 Å². The van der Waals surface area contributed by atoms with Crippen molar-refractivity contribution in [2.45, 2.75) is 40.3 Å². The molecule has 2 aromatic heterocycles. The van der Waals surface area contributed by atoms with Crippen LogP contribution in [0.5, 0.6) is 5.75 Å². The maximum absolute atomic E-state index is 11.9. The minimum absolute atomic E-state index is 0.150. The van der Waals surface area contributed by atoms with E-state index < -0.39 is 6.10 Å². The number of aliphatic hydroxyl groups excluding tert-OH is 1. The summed E-state index contributed by atoms with van der Waals surface area (Å²) in [6.07, 6.45) is 0.579. The van der Waals surface area contributed by atoms with Gasteiger partial charge in [0.05, 0.1) is 6.54 Å². The number of nitrogens with zero attached hydrogens (tertiary/aromatic N) is 4. The number of aliphatic hydroxyl groups is 1. The Labute approximate surface area is 145 Å². The summed E-state index contributed by atoms with van der Waals surface area (Å²) in [5.41, 5.74) is 3.74. The van der Waals surface area contributed by atoms with E-state index in [9.17, 15) is 9.90 Å². The number of benzene rings is 1. The maximum atomic E-state index is 11.9. The van der Waals surface area contributed by atoms with E-state index in [0.29, 0.717) is 11.5 Å². The summed E-state index contributed by atoms with van der Waals surface area (Å²) >= 11 is 0. The van der Waals surface area contributed by atoms with Gasteiger partial charge in [0.15, 0.2) is 0 Å². The molecule has 1 N–H and O–H groups in total. The second kappa shape index (κ2) is 6.68. The van der Waals surface area contributed by atoms with Gasteiger partial charge in [0, 0.05) is 11.8 Å². The van der Waals surface area contributed by atoms with Crippen LogP contribution in [0.3, 0.4) is 0 Å². The van der Waals surface area contributed by atoms with Gasteiger partial charge in [0.2, 0.25) is 5.78 Å². The number of hydrogen-bond acceptors (Lipinski definition) is 5. The first-order chi connectivity index (χ1) is 11.9. The summed E-state index contributed by atoms with van der Waals surface area (Å²) in [7, 11) is 0. The number of ether oxygens (including phenoxy) is 1. The van der Waals surface area contributed by atoms with E-state index in [-0.39, 0.29) is 18.7 Å². The zero-order chi connectivity index (χ0) is 18.1. The molecule has 0 aliphatic heterocycles. The van der Waals surface area contributed by atoms with Crippen LogP contribution >= 0.6 is 0 Å². The lowest BCUT2D eigenvalue weighted by atomic mass is 10.1. The van der Waals surface area contributed by atoms with Gasteiger partial charge in [-0.05, 0) is 44.4 Å². The van der Waals surface area contributed by atoms with Gasteiger partial charge in [-0.2, -0.15) is 14.6 Å². The molecule has 25 heavy (non-hydrogen) atoms. The van der Waals surface area contributed by atoms with Crippen molar-refractivity contribution < 1.29 is 9.84 Å². The Bertz CT molecular complexity index is 974. The second-order valence-electron chi connectivity index (χ2n) is 6.32. The fraction of sp³-hybridized carbons (Fsp3) is 0.389. The smallest absolute Gasteiger partial charge is 0.275 e. The molecule has 2 heterocycles. The third-order valence-corrected chi connectivity index (χ3v) is 4.43. The molecule has 1 aromatic carbocycles. The minimum atomic E-state index is -0.749. The van der Waals surface area contributed by atoms with Crippen LogP contribution in [0, 0.1) is 27.7 Å². The van der Waals surface area contributed by atoms with E-state index in [1.807, 2.05) is 26.8 Å². The molecule has 0 saturated carbocycles. The zero-order valence-corrected chi connectivity index (χ0v) is 14.9. The van der Waals surface area contributed by atoms with Crippen molar-refractivity contribution in [2.24, 2.45) is 0 Å². The molecule has 0 unspecified atom stereocenters. The molecule has 7 heteroatoms. The standard InChI is InChI=1S/C18H22N4O3/c1-11-5-6-12(2)17(14(11)4)25-9-15(23)8-21-13(3)7-16(24)22-18(21)19-10-20-22/h5-7,10,15,23H,8-9H2,1-4H3/t15-/m1/s1. The molecule has 3 rings (SSSR count). The average molecular weight is 342 g/mol. The molecule has 0 fully saturated rings. The Morgan fingerprint density at radius 3 is 2.68 bits per heavy atom. The number of hydrogen-bond donors (Lipinski definition) is 1. The number of aryl methyl sites for hydroxylation is 3. The van der Waals surface area contributed by atoms with Crippen molar-refractivity contribution in [1.29, 1.82) is 0 Å². The zero-order valence-electron chi connectivity index (χ0n) is 14.9. The van der Waals surface area contributed by atoms with Crippen molar-refractivity contribution in [3.05, 3.63) is 57.3 Å². The van der Waals surface area contributed by atoms with Crippen LogP contribution in [-0.2, 0) is 6.54 Å². The quantitative estimate of drug-likeness (QED) is 0.761. The Morgan fingerprint density at radius 1 is 1.20 bits per heavy atom. The van der Waals surface area contributed by atoms with Crippen LogP contribution in [0.25, 0.3) is 5.78 Å². The lowest BCUT2D eigenvalue weighted by Crippen LogP contribution is -2.28. The Morgan fingerprint density at radius 2 is 1.92 bits per heavy atom. The normalized spacial score (nSPS) is 12.5. The van der Waals surface area contributed by atoms with Gasteiger partial charge in [-0.15, -0.1) is 0 Å². The lowest BCUT2D eigenvalue weighted by Gasteiger charge is -2.19. The molecule has 0 spiro atoms. The summed E-state index contributed by atoms with van der Waals surface area (Å²) in [5.74, 6) is 1.22. The molecular weight excluding hydrogens is 320 g/mol. The van der Waals surface area contributed by atoms with Gasteiger partial charge in [-0.1, -0.05) is 12.1 Å². The lowest BCUT2D eigenvalue weighted by molar-refractivity contribution is 0.0918. The molecule has 132 valence electrons. The Balaban J connectivity index is 1.78. The van der Waals surface area contributed by atoms with E-state index in [0.717, 1.165) is 22.4 Å². The summed E-state index contributed by atoms with van der Waals surface area (Å²) < 4.78 is 8.85. The van der Waals surface area contributed by atoms with Crippen molar-refractivity contribution in [3.8, 4) is 5.75 Å². The van der Waals surface area contributed by atoms with Gasteiger partial charge >= 0.3 is 0 Å². The molecule has 0 radical (unpaired) electrons. The predicted octanol–water partition coefficient (Wildman–Crippen LogP) is 1.56. The minimum Gasteiger partial charge on any atom is -0.490 e. The largest absolute Gasteiger partial charge is 0.490 e. The molecule has 3 aromatic rings. The number of aromatic nitrogens is 4. The fourth-order valence-corrected chi connectivity index (χ4v) is 2.87. The second-order valence-corrected chi connectivity index (χ2v) is 6.32. The summed E-state index contributed by atoms with van der Waals surface area (Å²) in [5, 5.41) is 14.3. The van der Waals surface area contributed by atoms with Crippen LogP contribution in [0.2, 0.25) is 0 Å². The van der Waals surface area contributed by atoms with Crippen LogP contribution < -0.4 is 10.3 Å². The van der Waals surface area contributed by atoms with E-state index in [2.05, 4.69) is 16.1 Å². The molecule has 0 amide bonds. The van der Waals surface area contributed by atoms with Crippen molar-refractivity contribution in [1.82, 2.24) is 19.2 Å². The van der Waals surface area contributed by atoms with Gasteiger partial charge < -0.3 is 14.4 Å². The van der Waals surface area contributed by atoms with Crippen LogP contribution in [-0.4, -0.2) is 37.0 Å². The van der Waals surface area contributed by atoms with Crippen molar-refractivity contribution in [2.75, 3.05) is 6.61 Å². The maximum Gasteiger partial charge on any atom is 0.275 e. The van der Waals surface area contributed by atoms with Gasteiger partial charge in [0.25, 0.3) is 5.56 Å². The molecular formula is C18H22N4O3. The van der Waals surface area contributed by atoms with Crippen molar-refractivity contribution >= 4 is 5.78 Å².